The SMILES string of the molecule is O=C1[C@H]2[C@H](C(=O)N1CCO)[C@H]1C=C[C@H]2C12CC2. The number of aliphatic hydroxyl groups excluding tert-OH is 1. The van der Waals surface area contributed by atoms with Crippen molar-refractivity contribution in [1.29, 1.82) is 0 Å². The fourth-order valence-corrected chi connectivity index (χ4v) is 4.46. The van der Waals surface area contributed by atoms with Gasteiger partial charge in [0.2, 0.25) is 11.8 Å². The predicted octanol–water partition coefficient (Wildman–Crippen LogP) is 0.176. The third kappa shape index (κ3) is 0.910. The molecule has 0 radical (unpaired) electrons. The van der Waals surface area contributed by atoms with Crippen LogP contribution in [0.4, 0.5) is 0 Å². The van der Waals surface area contributed by atoms with Gasteiger partial charge in [-0.15, -0.1) is 0 Å². The Morgan fingerprint density at radius 1 is 1.18 bits per heavy atom. The molecule has 17 heavy (non-hydrogen) atoms. The van der Waals surface area contributed by atoms with Crippen molar-refractivity contribution in [2.24, 2.45) is 29.1 Å². The number of rotatable bonds is 2. The van der Waals surface area contributed by atoms with Gasteiger partial charge < -0.3 is 5.11 Å². The number of imide groups is 1. The number of likely N-dealkylation sites (tertiary alicyclic amines) is 1. The first-order valence-electron chi connectivity index (χ1n) is 6.35. The summed E-state index contributed by atoms with van der Waals surface area (Å²) < 4.78 is 0. The minimum absolute atomic E-state index is 0.0443. The van der Waals surface area contributed by atoms with Crippen LogP contribution in [0.15, 0.2) is 12.2 Å². The summed E-state index contributed by atoms with van der Waals surface area (Å²) in [5.74, 6) is 0.253. The molecule has 4 heteroatoms. The minimum atomic E-state index is -0.134. The second kappa shape index (κ2) is 2.80. The molecule has 2 bridgehead atoms. The highest BCUT2D eigenvalue weighted by molar-refractivity contribution is 6.06. The Labute approximate surface area is 99.3 Å². The zero-order valence-corrected chi connectivity index (χ0v) is 9.50. The summed E-state index contributed by atoms with van der Waals surface area (Å²) in [7, 11) is 0. The van der Waals surface area contributed by atoms with Crippen LogP contribution in [0.1, 0.15) is 12.8 Å². The van der Waals surface area contributed by atoms with Gasteiger partial charge in [0.1, 0.15) is 0 Å². The Bertz CT molecular complexity index is 418. The van der Waals surface area contributed by atoms with Crippen molar-refractivity contribution < 1.29 is 14.7 Å². The molecule has 90 valence electrons. The number of fused-ring (bicyclic) bond motifs is 3. The van der Waals surface area contributed by atoms with Crippen LogP contribution in [0.2, 0.25) is 0 Å². The number of hydrogen-bond acceptors (Lipinski definition) is 3. The number of amides is 2. The maximum atomic E-state index is 12.3. The lowest BCUT2D eigenvalue weighted by Gasteiger charge is -2.20. The molecule has 2 saturated carbocycles. The largest absolute Gasteiger partial charge is 0.395 e. The molecule has 1 aliphatic heterocycles. The molecule has 1 heterocycles. The van der Waals surface area contributed by atoms with E-state index in [1.165, 1.54) is 17.7 Å². The van der Waals surface area contributed by atoms with Crippen molar-refractivity contribution in [2.75, 3.05) is 13.2 Å². The van der Waals surface area contributed by atoms with Crippen LogP contribution < -0.4 is 0 Å². The van der Waals surface area contributed by atoms with E-state index in [1.807, 2.05) is 0 Å². The molecule has 1 saturated heterocycles. The summed E-state index contributed by atoms with van der Waals surface area (Å²) in [5.41, 5.74) is 0.270. The first kappa shape index (κ1) is 9.83. The van der Waals surface area contributed by atoms with Crippen molar-refractivity contribution in [3.63, 3.8) is 0 Å². The van der Waals surface area contributed by atoms with E-state index in [4.69, 9.17) is 5.11 Å². The molecule has 0 aromatic rings. The standard InChI is InChI=1S/C13H15NO3/c15-6-5-14-11(16)9-7-1-2-8(10(9)12(14)17)13(7)3-4-13/h1-2,7-10,15H,3-6H2/t7-,8-,9-,10-/m1/s1. The monoisotopic (exact) mass is 233 g/mol. The Morgan fingerprint density at radius 2 is 1.71 bits per heavy atom. The Kier molecular flexibility index (Phi) is 1.62. The highest BCUT2D eigenvalue weighted by Gasteiger charge is 2.73. The number of allylic oxidation sites excluding steroid dienone is 2. The number of carbonyl (C=O) groups excluding carboxylic acids is 2. The second-order valence-electron chi connectivity index (χ2n) is 5.77. The van der Waals surface area contributed by atoms with E-state index in [9.17, 15) is 9.59 Å². The van der Waals surface area contributed by atoms with Gasteiger partial charge in [-0.1, -0.05) is 12.2 Å². The summed E-state index contributed by atoms with van der Waals surface area (Å²) in [4.78, 5) is 25.8. The van der Waals surface area contributed by atoms with E-state index in [0.717, 1.165) is 0 Å². The Morgan fingerprint density at radius 3 is 2.12 bits per heavy atom. The van der Waals surface area contributed by atoms with Crippen molar-refractivity contribution in [3.8, 4) is 0 Å². The van der Waals surface area contributed by atoms with E-state index in [1.54, 1.807) is 0 Å². The highest BCUT2D eigenvalue weighted by atomic mass is 16.3. The lowest BCUT2D eigenvalue weighted by atomic mass is 9.85. The molecule has 1 spiro atoms. The topological polar surface area (TPSA) is 57.6 Å². The molecule has 2 amide bonds. The van der Waals surface area contributed by atoms with Crippen LogP contribution in [0.5, 0.6) is 0 Å². The second-order valence-corrected chi connectivity index (χ2v) is 5.77. The van der Waals surface area contributed by atoms with Crippen LogP contribution in [-0.4, -0.2) is 35.0 Å². The molecule has 4 rings (SSSR count). The summed E-state index contributed by atoms with van der Waals surface area (Å²) in [5, 5.41) is 8.93. The van der Waals surface area contributed by atoms with Crippen LogP contribution in [0.3, 0.4) is 0 Å². The van der Waals surface area contributed by atoms with E-state index >= 15 is 0 Å². The number of carbonyl (C=O) groups is 2. The number of nitrogens with zero attached hydrogens (tertiary/aromatic N) is 1. The van der Waals surface area contributed by atoms with Crippen molar-refractivity contribution >= 4 is 11.8 Å². The number of hydrogen-bond donors (Lipinski definition) is 1. The van der Waals surface area contributed by atoms with Gasteiger partial charge in [0, 0.05) is 0 Å². The predicted molar refractivity (Wildman–Crippen MR) is 58.6 cm³/mol. The van der Waals surface area contributed by atoms with Gasteiger partial charge in [-0.05, 0) is 30.1 Å². The summed E-state index contributed by atoms with van der Waals surface area (Å²) >= 11 is 0. The lowest BCUT2D eigenvalue weighted by molar-refractivity contribution is -0.141. The lowest BCUT2D eigenvalue weighted by Crippen LogP contribution is -2.36. The molecule has 3 aliphatic carbocycles. The minimum Gasteiger partial charge on any atom is -0.395 e. The van der Waals surface area contributed by atoms with Gasteiger partial charge in [-0.2, -0.15) is 0 Å². The van der Waals surface area contributed by atoms with Gasteiger partial charge >= 0.3 is 0 Å². The molecule has 1 N–H and O–H groups in total. The van der Waals surface area contributed by atoms with E-state index in [0.29, 0.717) is 0 Å². The van der Waals surface area contributed by atoms with E-state index in [-0.39, 0.29) is 54.1 Å². The number of β-amino-alcohol motifs (C(OH)–C–C–N with tert-alkyl or cyclic N) is 1. The first-order valence-corrected chi connectivity index (χ1v) is 6.35. The van der Waals surface area contributed by atoms with Gasteiger partial charge in [0.25, 0.3) is 0 Å². The van der Waals surface area contributed by atoms with Crippen LogP contribution in [-0.2, 0) is 9.59 Å². The smallest absolute Gasteiger partial charge is 0.233 e. The maximum Gasteiger partial charge on any atom is 0.233 e. The maximum absolute atomic E-state index is 12.3. The van der Waals surface area contributed by atoms with E-state index in [2.05, 4.69) is 12.2 Å². The summed E-state index contributed by atoms with van der Waals surface area (Å²) in [6.45, 7) is 0.0297. The van der Waals surface area contributed by atoms with Gasteiger partial charge in [-0.3, -0.25) is 14.5 Å². The third-order valence-corrected chi connectivity index (χ3v) is 5.27. The Hall–Kier alpha value is -1.16. The molecule has 4 atom stereocenters. The summed E-state index contributed by atoms with van der Waals surface area (Å²) in [6, 6.07) is 0. The molecule has 0 unspecified atom stereocenters. The molecular formula is C13H15NO3. The van der Waals surface area contributed by atoms with Crippen LogP contribution in [0.25, 0.3) is 0 Å². The Balaban J connectivity index is 1.74. The van der Waals surface area contributed by atoms with Crippen molar-refractivity contribution in [3.05, 3.63) is 12.2 Å². The van der Waals surface area contributed by atoms with Crippen LogP contribution in [0, 0.1) is 29.1 Å². The normalized spacial score (nSPS) is 43.9. The highest BCUT2D eigenvalue weighted by Crippen LogP contribution is 2.73. The molecule has 0 aromatic heterocycles. The molecule has 4 aliphatic rings. The summed E-state index contributed by atoms with van der Waals surface area (Å²) in [6.07, 6.45) is 6.66. The molecule has 3 fully saturated rings. The van der Waals surface area contributed by atoms with Gasteiger partial charge in [0.05, 0.1) is 25.0 Å². The zero-order valence-electron chi connectivity index (χ0n) is 9.50. The first-order chi connectivity index (χ1) is 8.20. The average Bonchev–Trinajstić information content (AvgIpc) is 2.93. The molecule has 4 nitrogen and oxygen atoms in total. The van der Waals surface area contributed by atoms with Gasteiger partial charge in [-0.25, -0.2) is 0 Å². The zero-order chi connectivity index (χ0) is 11.8. The van der Waals surface area contributed by atoms with Crippen LogP contribution >= 0.6 is 0 Å². The molecular weight excluding hydrogens is 218 g/mol. The molecule has 0 aromatic carbocycles. The van der Waals surface area contributed by atoms with Crippen molar-refractivity contribution in [2.45, 2.75) is 12.8 Å². The average molecular weight is 233 g/mol. The van der Waals surface area contributed by atoms with E-state index < -0.39 is 0 Å². The van der Waals surface area contributed by atoms with Gasteiger partial charge in [0.15, 0.2) is 0 Å². The quantitative estimate of drug-likeness (QED) is 0.546. The fourth-order valence-electron chi connectivity index (χ4n) is 4.46. The van der Waals surface area contributed by atoms with Crippen molar-refractivity contribution in [1.82, 2.24) is 4.90 Å². The number of aliphatic hydroxyl groups is 1. The fraction of sp³-hybridized carbons (Fsp3) is 0.692. The third-order valence-electron chi connectivity index (χ3n) is 5.27.